The minimum Gasteiger partial charge on any atom is -0.508 e. The average Bonchev–Trinajstić information content (AvgIpc) is 3.16. The molecule has 5 nitrogen and oxygen atoms in total. The first-order chi connectivity index (χ1) is 13.6. The van der Waals surface area contributed by atoms with Crippen LogP contribution in [0.4, 0.5) is 5.69 Å². The summed E-state index contributed by atoms with van der Waals surface area (Å²) in [6.07, 6.45) is 0.698. The van der Waals surface area contributed by atoms with Gasteiger partial charge in [0, 0.05) is 6.42 Å². The topological polar surface area (TPSA) is 65.3 Å². The standard InChI is InChI=1S/C22H19IN2O3/c1-28-21-12-15(11-18(23)22(21)27)20-13-19(14-7-9-17(26)10-8-14)24-25(20)16-5-3-2-4-6-16/h2-12,20,26-27H,13H2,1H3. The highest BCUT2D eigenvalue weighted by molar-refractivity contribution is 14.1. The van der Waals surface area contributed by atoms with Gasteiger partial charge >= 0.3 is 0 Å². The van der Waals surface area contributed by atoms with E-state index in [0.717, 1.165) is 26.1 Å². The second kappa shape index (κ2) is 7.71. The van der Waals surface area contributed by atoms with Crippen molar-refractivity contribution in [1.82, 2.24) is 0 Å². The minimum atomic E-state index is -0.0331. The first-order valence-corrected chi connectivity index (χ1v) is 9.92. The lowest BCUT2D eigenvalue weighted by Gasteiger charge is -2.24. The fourth-order valence-corrected chi connectivity index (χ4v) is 3.98. The third kappa shape index (κ3) is 3.52. The van der Waals surface area contributed by atoms with Crippen LogP contribution < -0.4 is 9.75 Å². The number of rotatable bonds is 4. The average molecular weight is 486 g/mol. The van der Waals surface area contributed by atoms with Crippen molar-refractivity contribution in [3.05, 3.63) is 81.4 Å². The SMILES string of the molecule is COc1cc(C2CC(c3ccc(O)cc3)=NN2c2ccccc2)cc(I)c1O. The molecule has 1 unspecified atom stereocenters. The summed E-state index contributed by atoms with van der Waals surface area (Å²) in [5, 5.41) is 26.7. The van der Waals surface area contributed by atoms with Gasteiger partial charge in [0.05, 0.1) is 28.1 Å². The van der Waals surface area contributed by atoms with Gasteiger partial charge < -0.3 is 14.9 Å². The Morgan fingerprint density at radius 2 is 1.75 bits per heavy atom. The Bertz CT molecular complexity index is 1020. The zero-order chi connectivity index (χ0) is 19.7. The smallest absolute Gasteiger partial charge is 0.171 e. The molecule has 3 aromatic rings. The Morgan fingerprint density at radius 3 is 2.43 bits per heavy atom. The molecule has 1 aliphatic rings. The molecule has 0 aliphatic carbocycles. The van der Waals surface area contributed by atoms with E-state index in [1.165, 1.54) is 0 Å². The van der Waals surface area contributed by atoms with Crippen molar-refractivity contribution < 1.29 is 14.9 Å². The Morgan fingerprint density at radius 1 is 1.04 bits per heavy atom. The highest BCUT2D eigenvalue weighted by Crippen LogP contribution is 2.41. The number of hydrogen-bond acceptors (Lipinski definition) is 5. The van der Waals surface area contributed by atoms with E-state index in [9.17, 15) is 10.2 Å². The van der Waals surface area contributed by atoms with Crippen LogP contribution in [-0.4, -0.2) is 23.0 Å². The summed E-state index contributed by atoms with van der Waals surface area (Å²) in [4.78, 5) is 0. The minimum absolute atomic E-state index is 0.0331. The van der Waals surface area contributed by atoms with Crippen LogP contribution in [0.15, 0.2) is 71.8 Å². The van der Waals surface area contributed by atoms with Crippen LogP contribution in [0.3, 0.4) is 0 Å². The summed E-state index contributed by atoms with van der Waals surface area (Å²) < 4.78 is 6.09. The molecule has 28 heavy (non-hydrogen) atoms. The van der Waals surface area contributed by atoms with E-state index < -0.39 is 0 Å². The van der Waals surface area contributed by atoms with E-state index >= 15 is 0 Å². The number of phenols is 2. The van der Waals surface area contributed by atoms with E-state index in [4.69, 9.17) is 9.84 Å². The molecule has 0 saturated carbocycles. The predicted molar refractivity (Wildman–Crippen MR) is 118 cm³/mol. The second-order valence-electron chi connectivity index (χ2n) is 6.55. The highest BCUT2D eigenvalue weighted by Gasteiger charge is 2.31. The van der Waals surface area contributed by atoms with Crippen molar-refractivity contribution in [2.24, 2.45) is 5.10 Å². The van der Waals surface area contributed by atoms with E-state index in [-0.39, 0.29) is 17.5 Å². The zero-order valence-electron chi connectivity index (χ0n) is 15.2. The van der Waals surface area contributed by atoms with E-state index in [0.29, 0.717) is 12.2 Å². The van der Waals surface area contributed by atoms with Crippen molar-refractivity contribution in [3.8, 4) is 17.2 Å². The van der Waals surface area contributed by atoms with Gasteiger partial charge in [-0.1, -0.05) is 18.2 Å². The largest absolute Gasteiger partial charge is 0.508 e. The first-order valence-electron chi connectivity index (χ1n) is 8.84. The first kappa shape index (κ1) is 18.6. The summed E-state index contributed by atoms with van der Waals surface area (Å²) in [7, 11) is 1.55. The van der Waals surface area contributed by atoms with Crippen LogP contribution in [0.25, 0.3) is 0 Å². The summed E-state index contributed by atoms with van der Waals surface area (Å²) in [5.74, 6) is 0.834. The monoisotopic (exact) mass is 486 g/mol. The number of para-hydroxylation sites is 1. The Kier molecular flexibility index (Phi) is 5.13. The predicted octanol–water partition coefficient (Wildman–Crippen LogP) is 5.07. The number of nitrogens with zero attached hydrogens (tertiary/aromatic N) is 2. The lowest BCUT2D eigenvalue weighted by atomic mass is 9.97. The van der Waals surface area contributed by atoms with Gasteiger partial charge in [0.2, 0.25) is 0 Å². The van der Waals surface area contributed by atoms with Gasteiger partial charge in [0.15, 0.2) is 11.5 Å². The lowest BCUT2D eigenvalue weighted by molar-refractivity contribution is 0.370. The number of anilines is 1. The quantitative estimate of drug-likeness (QED) is 0.506. The van der Waals surface area contributed by atoms with E-state index in [2.05, 4.69) is 22.6 Å². The Labute approximate surface area is 177 Å². The van der Waals surface area contributed by atoms with Crippen molar-refractivity contribution in [1.29, 1.82) is 0 Å². The Balaban J connectivity index is 1.78. The van der Waals surface area contributed by atoms with Crippen LogP contribution in [-0.2, 0) is 0 Å². The van der Waals surface area contributed by atoms with Gasteiger partial charge in [0.25, 0.3) is 0 Å². The third-order valence-corrected chi connectivity index (χ3v) is 5.61. The summed E-state index contributed by atoms with van der Waals surface area (Å²) in [6, 6.07) is 20.9. The maximum atomic E-state index is 10.2. The van der Waals surface area contributed by atoms with Crippen molar-refractivity contribution >= 4 is 34.0 Å². The summed E-state index contributed by atoms with van der Waals surface area (Å²) in [5.41, 5.74) is 3.92. The lowest BCUT2D eigenvalue weighted by Crippen LogP contribution is -2.18. The molecular weight excluding hydrogens is 467 g/mol. The number of aromatic hydroxyl groups is 2. The molecule has 0 radical (unpaired) electrons. The molecule has 1 atom stereocenters. The molecule has 1 heterocycles. The molecule has 0 bridgehead atoms. The third-order valence-electron chi connectivity index (χ3n) is 4.79. The summed E-state index contributed by atoms with van der Waals surface area (Å²) in [6.45, 7) is 0. The zero-order valence-corrected chi connectivity index (χ0v) is 17.4. The van der Waals surface area contributed by atoms with Crippen LogP contribution >= 0.6 is 22.6 Å². The fraction of sp³-hybridized carbons (Fsp3) is 0.136. The van der Waals surface area contributed by atoms with Gasteiger partial charge in [-0.3, -0.25) is 5.01 Å². The maximum Gasteiger partial charge on any atom is 0.171 e. The highest BCUT2D eigenvalue weighted by atomic mass is 127. The maximum absolute atomic E-state index is 10.2. The van der Waals surface area contributed by atoms with Crippen molar-refractivity contribution in [3.63, 3.8) is 0 Å². The molecule has 0 saturated heterocycles. The normalized spacial score (nSPS) is 16.1. The molecular formula is C22H19IN2O3. The molecule has 0 fully saturated rings. The van der Waals surface area contributed by atoms with Gasteiger partial charge in [-0.25, -0.2) is 0 Å². The van der Waals surface area contributed by atoms with Gasteiger partial charge in [-0.2, -0.15) is 5.10 Å². The van der Waals surface area contributed by atoms with Crippen LogP contribution in [0.2, 0.25) is 0 Å². The number of hydrogen-bond donors (Lipinski definition) is 2. The Hall–Kier alpha value is -2.74. The fourth-order valence-electron chi connectivity index (χ4n) is 3.36. The molecule has 4 rings (SSSR count). The molecule has 2 N–H and O–H groups in total. The van der Waals surface area contributed by atoms with E-state index in [1.54, 1.807) is 19.2 Å². The number of phenolic OH excluding ortho intramolecular Hbond substituents is 2. The van der Waals surface area contributed by atoms with E-state index in [1.807, 2.05) is 59.6 Å². The van der Waals surface area contributed by atoms with Gasteiger partial charge in [0.1, 0.15) is 5.75 Å². The molecule has 0 amide bonds. The molecule has 0 aromatic heterocycles. The molecule has 142 valence electrons. The summed E-state index contributed by atoms with van der Waals surface area (Å²) >= 11 is 2.11. The van der Waals surface area contributed by atoms with Crippen molar-refractivity contribution in [2.75, 3.05) is 12.1 Å². The number of methoxy groups -OCH3 is 1. The van der Waals surface area contributed by atoms with Crippen LogP contribution in [0.5, 0.6) is 17.2 Å². The second-order valence-corrected chi connectivity index (χ2v) is 7.71. The molecule has 0 spiro atoms. The van der Waals surface area contributed by atoms with Gasteiger partial charge in [-0.15, -0.1) is 0 Å². The van der Waals surface area contributed by atoms with Crippen LogP contribution in [0.1, 0.15) is 23.6 Å². The number of hydrazone groups is 1. The van der Waals surface area contributed by atoms with Crippen LogP contribution in [0, 0.1) is 3.57 Å². The number of benzene rings is 3. The van der Waals surface area contributed by atoms with Gasteiger partial charge in [-0.05, 0) is 82.2 Å². The molecule has 3 aromatic carbocycles. The number of ether oxygens (including phenoxy) is 1. The molecule has 6 heteroatoms. The molecule has 1 aliphatic heterocycles. The van der Waals surface area contributed by atoms with Crippen molar-refractivity contribution in [2.45, 2.75) is 12.5 Å². The number of halogens is 1.